The van der Waals surface area contributed by atoms with Gasteiger partial charge in [-0.15, -0.1) is 6.58 Å². The highest BCUT2D eigenvalue weighted by Crippen LogP contribution is 2.11. The number of rotatable bonds is 7. The Labute approximate surface area is 93.3 Å². The second-order valence-electron chi connectivity index (χ2n) is 3.35. The molecule has 1 N–H and O–H groups in total. The van der Waals surface area contributed by atoms with Crippen LogP contribution in [-0.2, 0) is 4.79 Å². The molecule has 0 bridgehead atoms. The van der Waals surface area contributed by atoms with Gasteiger partial charge in [-0.1, -0.05) is 13.0 Å². The predicted octanol–water partition coefficient (Wildman–Crippen LogP) is 1.56. The quantitative estimate of drug-likeness (QED) is 0.683. The molecule has 6 heteroatoms. The largest absolute Gasteiger partial charge is 0.401 e. The number of alkyl halides is 3. The fraction of sp³-hybridized carbons (Fsp3) is 0.700. The summed E-state index contributed by atoms with van der Waals surface area (Å²) in [5, 5.41) is 2.07. The van der Waals surface area contributed by atoms with Crippen molar-refractivity contribution in [3.8, 4) is 0 Å². The van der Waals surface area contributed by atoms with Crippen molar-refractivity contribution in [1.82, 2.24) is 10.2 Å². The molecular formula is C10H17F3N2O. The number of carbonyl (C=O) groups excluding carboxylic acids is 1. The molecule has 3 nitrogen and oxygen atoms in total. The molecule has 0 atom stereocenters. The fourth-order valence-corrected chi connectivity index (χ4v) is 1.17. The van der Waals surface area contributed by atoms with Crippen molar-refractivity contribution in [3.63, 3.8) is 0 Å². The topological polar surface area (TPSA) is 32.3 Å². The summed E-state index contributed by atoms with van der Waals surface area (Å²) in [7, 11) is 0. The highest BCUT2D eigenvalue weighted by Gasteiger charge is 2.26. The summed E-state index contributed by atoms with van der Waals surface area (Å²) in [4.78, 5) is 12.9. The van der Waals surface area contributed by atoms with Crippen LogP contribution in [0, 0.1) is 0 Å². The zero-order chi connectivity index (χ0) is 12.6. The molecule has 1 amide bonds. The summed E-state index contributed by atoms with van der Waals surface area (Å²) >= 11 is 0. The maximum absolute atomic E-state index is 11.8. The molecule has 0 aromatic carbocycles. The molecule has 0 heterocycles. The molecule has 0 aliphatic rings. The van der Waals surface area contributed by atoms with Gasteiger partial charge in [-0.3, -0.25) is 4.79 Å². The van der Waals surface area contributed by atoms with Gasteiger partial charge in [0.15, 0.2) is 0 Å². The summed E-state index contributed by atoms with van der Waals surface area (Å²) in [6.45, 7) is 4.83. The van der Waals surface area contributed by atoms with Crippen molar-refractivity contribution in [2.24, 2.45) is 0 Å². The zero-order valence-corrected chi connectivity index (χ0v) is 9.31. The van der Waals surface area contributed by atoms with E-state index in [1.807, 2.05) is 6.92 Å². The van der Waals surface area contributed by atoms with Crippen LogP contribution in [0.25, 0.3) is 0 Å². The molecule has 0 spiro atoms. The van der Waals surface area contributed by atoms with E-state index in [1.165, 1.54) is 4.90 Å². The summed E-state index contributed by atoms with van der Waals surface area (Å²) in [5.74, 6) is -0.342. The van der Waals surface area contributed by atoms with Gasteiger partial charge in [-0.25, -0.2) is 0 Å². The van der Waals surface area contributed by atoms with Gasteiger partial charge in [0.25, 0.3) is 0 Å². The van der Waals surface area contributed by atoms with Crippen LogP contribution >= 0.6 is 0 Å². The van der Waals surface area contributed by atoms with Crippen molar-refractivity contribution in [1.29, 1.82) is 0 Å². The SMILES string of the molecule is C=CCN(CCC)C(=O)CNCC(F)(F)F. The number of nitrogens with one attached hydrogen (secondary N) is 1. The molecule has 0 aromatic rings. The van der Waals surface area contributed by atoms with Gasteiger partial charge in [0, 0.05) is 13.1 Å². The van der Waals surface area contributed by atoms with E-state index < -0.39 is 12.7 Å². The summed E-state index contributed by atoms with van der Waals surface area (Å²) in [6.07, 6.45) is -1.97. The maximum atomic E-state index is 11.8. The van der Waals surface area contributed by atoms with Gasteiger partial charge in [-0.2, -0.15) is 13.2 Å². The lowest BCUT2D eigenvalue weighted by Crippen LogP contribution is -2.41. The lowest BCUT2D eigenvalue weighted by atomic mass is 10.3. The van der Waals surface area contributed by atoms with Gasteiger partial charge in [0.2, 0.25) is 5.91 Å². The van der Waals surface area contributed by atoms with E-state index in [-0.39, 0.29) is 12.5 Å². The Bertz CT molecular complexity index is 229. The standard InChI is InChI=1S/C10H17F3N2O/c1-3-5-15(6-4-2)9(16)7-14-8-10(11,12)13/h3,14H,1,4-8H2,2H3. The number of carbonyl (C=O) groups is 1. The Kier molecular flexibility index (Phi) is 6.80. The van der Waals surface area contributed by atoms with E-state index >= 15 is 0 Å². The summed E-state index contributed by atoms with van der Waals surface area (Å²) < 4.78 is 35.4. The number of hydrogen-bond donors (Lipinski definition) is 1. The lowest BCUT2D eigenvalue weighted by Gasteiger charge is -2.20. The Balaban J connectivity index is 3.96. The molecule has 94 valence electrons. The highest BCUT2D eigenvalue weighted by atomic mass is 19.4. The molecule has 0 aromatic heterocycles. The van der Waals surface area contributed by atoms with Crippen LogP contribution in [0.5, 0.6) is 0 Å². The summed E-state index contributed by atoms with van der Waals surface area (Å²) in [6, 6.07) is 0. The second-order valence-corrected chi connectivity index (χ2v) is 3.35. The first-order chi connectivity index (χ1) is 7.40. The van der Waals surface area contributed by atoms with Crippen LogP contribution in [-0.4, -0.2) is 43.2 Å². The normalized spacial score (nSPS) is 11.2. The third-order valence-electron chi connectivity index (χ3n) is 1.80. The fourth-order valence-electron chi connectivity index (χ4n) is 1.17. The van der Waals surface area contributed by atoms with E-state index in [2.05, 4.69) is 11.9 Å². The predicted molar refractivity (Wildman–Crippen MR) is 56.0 cm³/mol. The Morgan fingerprint density at radius 2 is 2.12 bits per heavy atom. The van der Waals surface area contributed by atoms with E-state index in [4.69, 9.17) is 0 Å². The van der Waals surface area contributed by atoms with Crippen molar-refractivity contribution in [3.05, 3.63) is 12.7 Å². The van der Waals surface area contributed by atoms with Gasteiger partial charge >= 0.3 is 6.18 Å². The number of amides is 1. The highest BCUT2D eigenvalue weighted by molar-refractivity contribution is 5.78. The van der Waals surface area contributed by atoms with E-state index in [1.54, 1.807) is 6.08 Å². The molecular weight excluding hydrogens is 221 g/mol. The van der Waals surface area contributed by atoms with Crippen molar-refractivity contribution >= 4 is 5.91 Å². The average Bonchev–Trinajstić information content (AvgIpc) is 2.15. The van der Waals surface area contributed by atoms with Crippen molar-refractivity contribution in [2.45, 2.75) is 19.5 Å². The van der Waals surface area contributed by atoms with E-state index in [0.29, 0.717) is 13.1 Å². The minimum Gasteiger partial charge on any atom is -0.338 e. The Hall–Kier alpha value is -1.04. The smallest absolute Gasteiger partial charge is 0.338 e. The Morgan fingerprint density at radius 1 is 1.50 bits per heavy atom. The molecule has 16 heavy (non-hydrogen) atoms. The number of nitrogens with zero attached hydrogens (tertiary/aromatic N) is 1. The zero-order valence-electron chi connectivity index (χ0n) is 9.31. The molecule has 0 aliphatic carbocycles. The van der Waals surface area contributed by atoms with Crippen molar-refractivity contribution in [2.75, 3.05) is 26.2 Å². The third kappa shape index (κ3) is 7.28. The molecule has 0 unspecified atom stereocenters. The van der Waals surface area contributed by atoms with Crippen LogP contribution < -0.4 is 5.32 Å². The molecule has 0 radical (unpaired) electrons. The van der Waals surface area contributed by atoms with Gasteiger partial charge in [-0.05, 0) is 6.42 Å². The summed E-state index contributed by atoms with van der Waals surface area (Å²) in [5.41, 5.74) is 0. The van der Waals surface area contributed by atoms with Crippen LogP contribution in [0.4, 0.5) is 13.2 Å². The molecule has 0 aliphatic heterocycles. The van der Waals surface area contributed by atoms with Crippen LogP contribution in [0.1, 0.15) is 13.3 Å². The van der Waals surface area contributed by atoms with Crippen LogP contribution in [0.15, 0.2) is 12.7 Å². The number of halogens is 3. The molecule has 0 fully saturated rings. The van der Waals surface area contributed by atoms with E-state index in [9.17, 15) is 18.0 Å². The average molecular weight is 238 g/mol. The Morgan fingerprint density at radius 3 is 2.56 bits per heavy atom. The van der Waals surface area contributed by atoms with Gasteiger partial charge in [0.1, 0.15) is 0 Å². The first-order valence-electron chi connectivity index (χ1n) is 5.06. The molecule has 0 rings (SSSR count). The minimum atomic E-state index is -4.28. The van der Waals surface area contributed by atoms with Gasteiger partial charge in [0.05, 0.1) is 13.1 Å². The molecule has 0 saturated carbocycles. The molecule has 0 saturated heterocycles. The lowest BCUT2D eigenvalue weighted by molar-refractivity contribution is -0.133. The van der Waals surface area contributed by atoms with E-state index in [0.717, 1.165) is 6.42 Å². The third-order valence-corrected chi connectivity index (χ3v) is 1.80. The second kappa shape index (κ2) is 7.27. The first-order valence-corrected chi connectivity index (χ1v) is 5.06. The van der Waals surface area contributed by atoms with Crippen LogP contribution in [0.2, 0.25) is 0 Å². The van der Waals surface area contributed by atoms with Crippen LogP contribution in [0.3, 0.4) is 0 Å². The maximum Gasteiger partial charge on any atom is 0.401 e. The monoisotopic (exact) mass is 238 g/mol. The first kappa shape index (κ1) is 15.0. The number of hydrogen-bond acceptors (Lipinski definition) is 2. The minimum absolute atomic E-state index is 0.298. The van der Waals surface area contributed by atoms with Crippen molar-refractivity contribution < 1.29 is 18.0 Å². The van der Waals surface area contributed by atoms with Gasteiger partial charge < -0.3 is 10.2 Å².